The summed E-state index contributed by atoms with van der Waals surface area (Å²) in [4.78, 5) is 3.18. The number of hydrogen-bond acceptors (Lipinski definition) is 1. The van der Waals surface area contributed by atoms with Crippen LogP contribution in [0.5, 0.6) is 0 Å². The normalized spacial score (nSPS) is 13.4. The van der Waals surface area contributed by atoms with Crippen LogP contribution < -0.4 is 0 Å². The van der Waals surface area contributed by atoms with Crippen LogP contribution in [0.4, 0.5) is 0 Å². The number of aliphatic hydroxyl groups is 1. The Morgan fingerprint density at radius 2 is 2.23 bits per heavy atom. The number of hydrogen-bond donors (Lipinski definition) is 2. The number of aromatic nitrogens is 1. The molecule has 2 aromatic rings. The zero-order chi connectivity index (χ0) is 9.26. The van der Waals surface area contributed by atoms with Crippen molar-refractivity contribution >= 4 is 10.9 Å². The topological polar surface area (TPSA) is 36.0 Å². The van der Waals surface area contributed by atoms with Crippen LogP contribution in [0.1, 0.15) is 12.5 Å². The minimum absolute atomic E-state index is 0.283. The van der Waals surface area contributed by atoms with Crippen LogP contribution in [0, 0.1) is 0 Å². The zero-order valence-corrected chi connectivity index (χ0v) is 7.62. The van der Waals surface area contributed by atoms with Crippen molar-refractivity contribution < 1.29 is 5.11 Å². The molecule has 0 unspecified atom stereocenters. The molecule has 0 spiro atoms. The van der Waals surface area contributed by atoms with E-state index in [1.165, 1.54) is 10.9 Å². The lowest BCUT2D eigenvalue weighted by Crippen LogP contribution is -2.04. The van der Waals surface area contributed by atoms with Gasteiger partial charge in [0.2, 0.25) is 0 Å². The highest BCUT2D eigenvalue weighted by Gasteiger charge is 2.03. The first kappa shape index (κ1) is 8.32. The van der Waals surface area contributed by atoms with Crippen molar-refractivity contribution in [2.45, 2.75) is 19.4 Å². The molecule has 13 heavy (non-hydrogen) atoms. The van der Waals surface area contributed by atoms with Gasteiger partial charge in [0, 0.05) is 18.1 Å². The average Bonchev–Trinajstić information content (AvgIpc) is 2.51. The Hall–Kier alpha value is -1.28. The van der Waals surface area contributed by atoms with Gasteiger partial charge < -0.3 is 10.1 Å². The van der Waals surface area contributed by atoms with Crippen molar-refractivity contribution in [1.29, 1.82) is 0 Å². The Labute approximate surface area is 77.2 Å². The van der Waals surface area contributed by atoms with Crippen molar-refractivity contribution in [3.05, 3.63) is 36.0 Å². The minimum Gasteiger partial charge on any atom is -0.393 e. The van der Waals surface area contributed by atoms with E-state index in [4.69, 9.17) is 0 Å². The highest BCUT2D eigenvalue weighted by Crippen LogP contribution is 2.17. The summed E-state index contributed by atoms with van der Waals surface area (Å²) >= 11 is 0. The number of aromatic amines is 1. The van der Waals surface area contributed by atoms with Gasteiger partial charge in [-0.05, 0) is 23.9 Å². The van der Waals surface area contributed by atoms with E-state index in [-0.39, 0.29) is 6.10 Å². The van der Waals surface area contributed by atoms with Crippen molar-refractivity contribution in [3.8, 4) is 0 Å². The lowest BCUT2D eigenvalue weighted by atomic mass is 10.1. The van der Waals surface area contributed by atoms with Gasteiger partial charge in [0.25, 0.3) is 0 Å². The molecule has 0 radical (unpaired) electrons. The van der Waals surface area contributed by atoms with Gasteiger partial charge in [-0.1, -0.05) is 18.2 Å². The maximum atomic E-state index is 9.29. The van der Waals surface area contributed by atoms with Gasteiger partial charge >= 0.3 is 0 Å². The molecule has 0 amide bonds. The number of para-hydroxylation sites is 1. The SMILES string of the molecule is C[C@H](O)Cc1cccc2cc[nH]c12. The molecular weight excluding hydrogens is 162 g/mol. The highest BCUT2D eigenvalue weighted by atomic mass is 16.3. The molecule has 2 N–H and O–H groups in total. The van der Waals surface area contributed by atoms with Crippen LogP contribution in [0.25, 0.3) is 10.9 Å². The van der Waals surface area contributed by atoms with E-state index in [2.05, 4.69) is 11.1 Å². The number of nitrogens with one attached hydrogen (secondary N) is 1. The number of benzene rings is 1. The molecule has 1 aromatic carbocycles. The largest absolute Gasteiger partial charge is 0.393 e. The molecule has 0 fully saturated rings. The molecule has 2 heteroatoms. The second kappa shape index (κ2) is 3.23. The smallest absolute Gasteiger partial charge is 0.0553 e. The summed E-state index contributed by atoms with van der Waals surface area (Å²) in [5.41, 5.74) is 2.32. The fraction of sp³-hybridized carbons (Fsp3) is 0.273. The third-order valence-corrected chi connectivity index (χ3v) is 2.19. The summed E-state index contributed by atoms with van der Waals surface area (Å²) in [6.07, 6.45) is 2.35. The third kappa shape index (κ3) is 1.58. The maximum Gasteiger partial charge on any atom is 0.0553 e. The van der Waals surface area contributed by atoms with Gasteiger partial charge in [-0.15, -0.1) is 0 Å². The molecule has 1 heterocycles. The number of rotatable bonds is 2. The summed E-state index contributed by atoms with van der Waals surface area (Å²) in [7, 11) is 0. The van der Waals surface area contributed by atoms with Gasteiger partial charge in [-0.3, -0.25) is 0 Å². The molecule has 0 saturated carbocycles. The standard InChI is InChI=1S/C11H13NO/c1-8(13)7-10-4-2-3-9-5-6-12-11(9)10/h2-6,8,12-13H,7H2,1H3/t8-/m0/s1. The van der Waals surface area contributed by atoms with Crippen LogP contribution in [0.2, 0.25) is 0 Å². The molecule has 0 bridgehead atoms. The van der Waals surface area contributed by atoms with E-state index < -0.39 is 0 Å². The molecule has 1 aromatic heterocycles. The van der Waals surface area contributed by atoms with Gasteiger partial charge in [0.15, 0.2) is 0 Å². The zero-order valence-electron chi connectivity index (χ0n) is 7.62. The van der Waals surface area contributed by atoms with Gasteiger partial charge in [0.05, 0.1) is 6.10 Å². The third-order valence-electron chi connectivity index (χ3n) is 2.19. The molecule has 1 atom stereocenters. The van der Waals surface area contributed by atoms with E-state index in [1.54, 1.807) is 0 Å². The first-order valence-electron chi connectivity index (χ1n) is 4.50. The quantitative estimate of drug-likeness (QED) is 0.720. The summed E-state index contributed by atoms with van der Waals surface area (Å²) in [6.45, 7) is 1.81. The summed E-state index contributed by atoms with van der Waals surface area (Å²) in [5, 5.41) is 10.5. The first-order valence-corrected chi connectivity index (χ1v) is 4.50. The van der Waals surface area contributed by atoms with E-state index in [0.717, 1.165) is 5.52 Å². The van der Waals surface area contributed by atoms with Crippen LogP contribution in [-0.4, -0.2) is 16.2 Å². The Bertz CT molecular complexity index is 403. The summed E-state index contributed by atoms with van der Waals surface area (Å²) < 4.78 is 0. The molecule has 0 saturated heterocycles. The van der Waals surface area contributed by atoms with Crippen LogP contribution in [0.3, 0.4) is 0 Å². The van der Waals surface area contributed by atoms with Crippen molar-refractivity contribution in [2.75, 3.05) is 0 Å². The van der Waals surface area contributed by atoms with Crippen molar-refractivity contribution in [3.63, 3.8) is 0 Å². The Kier molecular flexibility index (Phi) is 2.07. The Balaban J connectivity index is 2.48. The predicted molar refractivity (Wildman–Crippen MR) is 53.7 cm³/mol. The lowest BCUT2D eigenvalue weighted by molar-refractivity contribution is 0.196. The molecule has 2 nitrogen and oxygen atoms in total. The van der Waals surface area contributed by atoms with E-state index in [9.17, 15) is 5.11 Å². The Morgan fingerprint density at radius 1 is 1.38 bits per heavy atom. The maximum absolute atomic E-state index is 9.29. The van der Waals surface area contributed by atoms with E-state index >= 15 is 0 Å². The lowest BCUT2D eigenvalue weighted by Gasteiger charge is -2.05. The molecule has 68 valence electrons. The molecule has 0 aliphatic carbocycles. The first-order chi connectivity index (χ1) is 6.27. The summed E-state index contributed by atoms with van der Waals surface area (Å²) in [5.74, 6) is 0. The Morgan fingerprint density at radius 3 is 3.00 bits per heavy atom. The molecule has 0 aliphatic rings. The van der Waals surface area contributed by atoms with E-state index in [1.807, 2.05) is 31.3 Å². The number of H-pyrrole nitrogens is 1. The minimum atomic E-state index is -0.283. The molecular formula is C11H13NO. The van der Waals surface area contributed by atoms with Gasteiger partial charge in [-0.2, -0.15) is 0 Å². The fourth-order valence-electron chi connectivity index (χ4n) is 1.64. The molecule has 2 rings (SSSR count). The second-order valence-corrected chi connectivity index (χ2v) is 3.41. The van der Waals surface area contributed by atoms with Gasteiger partial charge in [0.1, 0.15) is 0 Å². The predicted octanol–water partition coefficient (Wildman–Crippen LogP) is 2.09. The summed E-state index contributed by atoms with van der Waals surface area (Å²) in [6, 6.07) is 8.18. The average molecular weight is 175 g/mol. The second-order valence-electron chi connectivity index (χ2n) is 3.41. The van der Waals surface area contributed by atoms with Crippen molar-refractivity contribution in [2.24, 2.45) is 0 Å². The van der Waals surface area contributed by atoms with Crippen LogP contribution >= 0.6 is 0 Å². The fourth-order valence-corrected chi connectivity index (χ4v) is 1.64. The van der Waals surface area contributed by atoms with Crippen LogP contribution in [0.15, 0.2) is 30.5 Å². The van der Waals surface area contributed by atoms with E-state index in [0.29, 0.717) is 6.42 Å². The van der Waals surface area contributed by atoms with Crippen molar-refractivity contribution in [1.82, 2.24) is 4.98 Å². The van der Waals surface area contributed by atoms with Gasteiger partial charge in [-0.25, -0.2) is 0 Å². The number of fused-ring (bicyclic) bond motifs is 1. The van der Waals surface area contributed by atoms with Crippen LogP contribution in [-0.2, 0) is 6.42 Å². The number of aliphatic hydroxyl groups excluding tert-OH is 1. The highest BCUT2D eigenvalue weighted by molar-refractivity contribution is 5.82. The molecule has 0 aliphatic heterocycles. The monoisotopic (exact) mass is 175 g/mol.